The molecule has 5 heteroatoms. The first-order chi connectivity index (χ1) is 11.7. The minimum Gasteiger partial charge on any atom is -0.353 e. The Labute approximate surface area is 148 Å². The van der Waals surface area contributed by atoms with Crippen molar-refractivity contribution in [1.82, 2.24) is 10.2 Å². The van der Waals surface area contributed by atoms with Crippen molar-refractivity contribution in [1.29, 1.82) is 0 Å². The molecular formula is C20H27FN2O2. The first-order valence-electron chi connectivity index (χ1n) is 9.06. The summed E-state index contributed by atoms with van der Waals surface area (Å²) in [6.45, 7) is 7.07. The van der Waals surface area contributed by atoms with Crippen molar-refractivity contribution in [3.63, 3.8) is 0 Å². The highest BCUT2D eigenvalue weighted by Gasteiger charge is 2.42. The summed E-state index contributed by atoms with van der Waals surface area (Å²) in [4.78, 5) is 27.1. The Kier molecular flexibility index (Phi) is 4.85. The molecule has 0 unspecified atom stereocenters. The molecule has 0 radical (unpaired) electrons. The van der Waals surface area contributed by atoms with Crippen LogP contribution < -0.4 is 5.32 Å². The average molecular weight is 346 g/mol. The topological polar surface area (TPSA) is 49.4 Å². The molecule has 136 valence electrons. The van der Waals surface area contributed by atoms with E-state index in [1.54, 1.807) is 17.0 Å². The molecule has 0 aromatic heterocycles. The standard InChI is InChI=1S/C20H27FN2O2/c1-20(2,3)10-18(24)23-11-16(13-4-6-14(21)7-5-13)17(12-23)19(25)22-15-8-9-15/h4-7,15-17H,8-12H2,1-3H3,(H,22,25)/t16-,17-/m1/s1. The molecule has 1 saturated carbocycles. The summed E-state index contributed by atoms with van der Waals surface area (Å²) in [5.41, 5.74) is 0.833. The van der Waals surface area contributed by atoms with E-state index < -0.39 is 0 Å². The lowest BCUT2D eigenvalue weighted by Crippen LogP contribution is -2.37. The number of nitrogens with zero attached hydrogens (tertiary/aromatic N) is 1. The molecule has 2 atom stereocenters. The molecule has 1 saturated heterocycles. The van der Waals surface area contributed by atoms with Crippen LogP contribution in [-0.2, 0) is 9.59 Å². The van der Waals surface area contributed by atoms with Crippen LogP contribution in [0.3, 0.4) is 0 Å². The van der Waals surface area contributed by atoms with Gasteiger partial charge in [0.1, 0.15) is 5.82 Å². The molecule has 25 heavy (non-hydrogen) atoms. The molecule has 4 nitrogen and oxygen atoms in total. The molecule has 1 heterocycles. The van der Waals surface area contributed by atoms with E-state index in [0.717, 1.165) is 18.4 Å². The smallest absolute Gasteiger partial charge is 0.225 e. The summed E-state index contributed by atoms with van der Waals surface area (Å²) in [7, 11) is 0. The van der Waals surface area contributed by atoms with E-state index in [2.05, 4.69) is 5.32 Å². The Balaban J connectivity index is 1.77. The molecule has 1 aromatic rings. The highest BCUT2D eigenvalue weighted by Crippen LogP contribution is 2.35. The first-order valence-corrected chi connectivity index (χ1v) is 9.06. The normalized spacial score (nSPS) is 23.6. The molecule has 3 rings (SSSR count). The number of likely N-dealkylation sites (tertiary alicyclic amines) is 1. The van der Waals surface area contributed by atoms with Crippen molar-refractivity contribution in [3.05, 3.63) is 35.6 Å². The molecule has 1 aliphatic heterocycles. The highest BCUT2D eigenvalue weighted by atomic mass is 19.1. The number of hydrogen-bond acceptors (Lipinski definition) is 2. The Hall–Kier alpha value is -1.91. The lowest BCUT2D eigenvalue weighted by Gasteiger charge is -2.23. The van der Waals surface area contributed by atoms with Crippen molar-refractivity contribution in [2.45, 2.75) is 52.0 Å². The fraction of sp³-hybridized carbons (Fsp3) is 0.600. The predicted octanol–water partition coefficient (Wildman–Crippen LogP) is 3.08. The summed E-state index contributed by atoms with van der Waals surface area (Å²) in [6.07, 6.45) is 2.53. The maximum Gasteiger partial charge on any atom is 0.225 e. The number of amides is 2. The third-order valence-electron chi connectivity index (χ3n) is 4.91. The lowest BCUT2D eigenvalue weighted by atomic mass is 9.88. The minimum atomic E-state index is -0.290. The number of rotatable bonds is 4. The summed E-state index contributed by atoms with van der Waals surface area (Å²) < 4.78 is 13.3. The largest absolute Gasteiger partial charge is 0.353 e. The van der Waals surface area contributed by atoms with Crippen LogP contribution in [0.1, 0.15) is 51.5 Å². The van der Waals surface area contributed by atoms with Gasteiger partial charge < -0.3 is 10.2 Å². The van der Waals surface area contributed by atoms with Crippen molar-refractivity contribution in [3.8, 4) is 0 Å². The van der Waals surface area contributed by atoms with E-state index in [4.69, 9.17) is 0 Å². The second-order valence-electron chi connectivity index (χ2n) is 8.58. The van der Waals surface area contributed by atoms with E-state index in [0.29, 0.717) is 25.6 Å². The predicted molar refractivity (Wildman–Crippen MR) is 94.4 cm³/mol. The van der Waals surface area contributed by atoms with Crippen LogP contribution in [-0.4, -0.2) is 35.8 Å². The minimum absolute atomic E-state index is 0.0166. The zero-order valence-electron chi connectivity index (χ0n) is 15.2. The molecule has 1 N–H and O–H groups in total. The zero-order chi connectivity index (χ0) is 18.2. The maximum absolute atomic E-state index is 13.3. The van der Waals surface area contributed by atoms with Gasteiger partial charge in [-0.1, -0.05) is 32.9 Å². The van der Waals surface area contributed by atoms with Gasteiger partial charge in [0, 0.05) is 31.5 Å². The number of carbonyl (C=O) groups is 2. The number of carbonyl (C=O) groups excluding carboxylic acids is 2. The first kappa shape index (κ1) is 17.9. The Morgan fingerprint density at radius 2 is 1.80 bits per heavy atom. The van der Waals surface area contributed by atoms with Crippen molar-refractivity contribution < 1.29 is 14.0 Å². The van der Waals surface area contributed by atoms with Gasteiger partial charge in [-0.15, -0.1) is 0 Å². The zero-order valence-corrected chi connectivity index (χ0v) is 15.2. The fourth-order valence-corrected chi connectivity index (χ4v) is 3.42. The van der Waals surface area contributed by atoms with Crippen LogP contribution in [0.25, 0.3) is 0 Å². The van der Waals surface area contributed by atoms with Gasteiger partial charge in [-0.3, -0.25) is 9.59 Å². The second-order valence-corrected chi connectivity index (χ2v) is 8.58. The van der Waals surface area contributed by atoms with Crippen LogP contribution in [0.4, 0.5) is 4.39 Å². The molecule has 2 amide bonds. The lowest BCUT2D eigenvalue weighted by molar-refractivity contribution is -0.132. The van der Waals surface area contributed by atoms with E-state index in [-0.39, 0.29) is 34.9 Å². The monoisotopic (exact) mass is 346 g/mol. The van der Waals surface area contributed by atoms with Gasteiger partial charge in [0.25, 0.3) is 0 Å². The van der Waals surface area contributed by atoms with Crippen LogP contribution in [0.15, 0.2) is 24.3 Å². The molecule has 2 fully saturated rings. The summed E-state index contributed by atoms with van der Waals surface area (Å²) in [5.74, 6) is -0.538. The number of halogens is 1. The van der Waals surface area contributed by atoms with Crippen LogP contribution in [0, 0.1) is 17.2 Å². The Bertz CT molecular complexity index is 647. The number of benzene rings is 1. The highest BCUT2D eigenvalue weighted by molar-refractivity contribution is 5.84. The van der Waals surface area contributed by atoms with Gasteiger partial charge in [0.15, 0.2) is 0 Å². The van der Waals surface area contributed by atoms with E-state index in [1.807, 2.05) is 20.8 Å². The molecule has 0 bridgehead atoms. The van der Waals surface area contributed by atoms with Gasteiger partial charge in [-0.2, -0.15) is 0 Å². The van der Waals surface area contributed by atoms with Crippen molar-refractivity contribution in [2.75, 3.05) is 13.1 Å². The van der Waals surface area contributed by atoms with Crippen LogP contribution >= 0.6 is 0 Å². The Morgan fingerprint density at radius 3 is 2.36 bits per heavy atom. The average Bonchev–Trinajstić information content (AvgIpc) is 3.21. The summed E-state index contributed by atoms with van der Waals surface area (Å²) in [5, 5.41) is 3.06. The van der Waals surface area contributed by atoms with Crippen molar-refractivity contribution in [2.24, 2.45) is 11.3 Å². The quantitative estimate of drug-likeness (QED) is 0.911. The summed E-state index contributed by atoms with van der Waals surface area (Å²) in [6, 6.07) is 6.60. The number of nitrogens with one attached hydrogen (secondary N) is 1. The molecule has 2 aliphatic rings. The molecule has 1 aliphatic carbocycles. The third-order valence-corrected chi connectivity index (χ3v) is 4.91. The van der Waals surface area contributed by atoms with Crippen molar-refractivity contribution >= 4 is 11.8 Å². The SMILES string of the molecule is CC(C)(C)CC(=O)N1C[C@H](c2ccc(F)cc2)[C@H](C(=O)NC2CC2)C1. The summed E-state index contributed by atoms with van der Waals surface area (Å²) >= 11 is 0. The van der Waals surface area contributed by atoms with Crippen LogP contribution in [0.5, 0.6) is 0 Å². The van der Waals surface area contributed by atoms with Gasteiger partial charge in [0.05, 0.1) is 5.92 Å². The molecule has 1 aromatic carbocycles. The van der Waals surface area contributed by atoms with Gasteiger partial charge in [0.2, 0.25) is 11.8 Å². The van der Waals surface area contributed by atoms with E-state index in [9.17, 15) is 14.0 Å². The number of hydrogen-bond donors (Lipinski definition) is 1. The third kappa shape index (κ3) is 4.59. The van der Waals surface area contributed by atoms with E-state index >= 15 is 0 Å². The maximum atomic E-state index is 13.3. The van der Waals surface area contributed by atoms with Gasteiger partial charge >= 0.3 is 0 Å². The van der Waals surface area contributed by atoms with Gasteiger partial charge in [-0.05, 0) is 36.0 Å². The second kappa shape index (κ2) is 6.77. The molecule has 0 spiro atoms. The fourth-order valence-electron chi connectivity index (χ4n) is 3.42. The van der Waals surface area contributed by atoms with Gasteiger partial charge in [-0.25, -0.2) is 4.39 Å². The van der Waals surface area contributed by atoms with Crippen LogP contribution in [0.2, 0.25) is 0 Å². The Morgan fingerprint density at radius 1 is 1.16 bits per heavy atom. The molecular weight excluding hydrogens is 319 g/mol. The van der Waals surface area contributed by atoms with E-state index in [1.165, 1.54) is 12.1 Å².